The lowest BCUT2D eigenvalue weighted by Gasteiger charge is -2.27. The van der Waals surface area contributed by atoms with Crippen LogP contribution in [-0.4, -0.2) is 71.7 Å². The van der Waals surface area contributed by atoms with Gasteiger partial charge in [0.25, 0.3) is 0 Å². The Morgan fingerprint density at radius 2 is 1.05 bits per heavy atom. The van der Waals surface area contributed by atoms with Gasteiger partial charge in [0.1, 0.15) is 24.4 Å². The highest BCUT2D eigenvalue weighted by Crippen LogP contribution is 2.21. The third-order valence-electron chi connectivity index (χ3n) is 5.93. The minimum Gasteiger partial charge on any atom is -0.462 e. The first-order chi connectivity index (χ1) is 17.8. The topological polar surface area (TPSA) is 146 Å². The van der Waals surface area contributed by atoms with Crippen molar-refractivity contribution in [3.8, 4) is 0 Å². The summed E-state index contributed by atoms with van der Waals surface area (Å²) in [5.74, 6) is -2.90. The maximum absolute atomic E-state index is 12.8. The lowest BCUT2D eigenvalue weighted by atomic mass is 9.98. The number of aliphatic hydroxyl groups is 2. The van der Waals surface area contributed by atoms with Crippen molar-refractivity contribution >= 4 is 23.9 Å². The monoisotopic (exact) mass is 534 g/mol. The van der Waals surface area contributed by atoms with Gasteiger partial charge in [-0.1, -0.05) is 39.1 Å². The molecule has 0 aliphatic carbocycles. The Bertz CT molecular complexity index is 949. The maximum Gasteiger partial charge on any atom is 0.339 e. The van der Waals surface area contributed by atoms with Gasteiger partial charge in [-0.3, -0.25) is 0 Å². The molecule has 210 valence electrons. The lowest BCUT2D eigenvalue weighted by molar-refractivity contribution is -0.142. The highest BCUT2D eigenvalue weighted by Gasteiger charge is 2.30. The summed E-state index contributed by atoms with van der Waals surface area (Å²) in [6.07, 6.45) is 0.477. The van der Waals surface area contributed by atoms with E-state index in [1.807, 2.05) is 0 Å². The highest BCUT2D eigenvalue weighted by molar-refractivity contribution is 6.03. The molecule has 1 rings (SSSR count). The SMILES string of the molecule is C=C(C)C(=O)OCCC(O)(CC)COC(=O)c1ccccc1C(=O)OCC(O)(CC)CCOC(=O)C(=C)C. The summed E-state index contributed by atoms with van der Waals surface area (Å²) >= 11 is 0. The number of rotatable bonds is 16. The summed E-state index contributed by atoms with van der Waals surface area (Å²) in [7, 11) is 0. The van der Waals surface area contributed by atoms with Crippen LogP contribution in [0.4, 0.5) is 0 Å². The molecule has 2 atom stereocenters. The van der Waals surface area contributed by atoms with Gasteiger partial charge >= 0.3 is 23.9 Å². The summed E-state index contributed by atoms with van der Waals surface area (Å²) < 4.78 is 20.6. The number of carbonyl (C=O) groups excluding carboxylic acids is 4. The van der Waals surface area contributed by atoms with Crippen molar-refractivity contribution in [3.63, 3.8) is 0 Å². The van der Waals surface area contributed by atoms with Crippen LogP contribution in [0.2, 0.25) is 0 Å². The van der Waals surface area contributed by atoms with E-state index in [2.05, 4.69) is 13.2 Å². The molecule has 2 unspecified atom stereocenters. The molecule has 0 heterocycles. The van der Waals surface area contributed by atoms with Crippen molar-refractivity contribution in [3.05, 3.63) is 59.7 Å². The van der Waals surface area contributed by atoms with Gasteiger partial charge in [-0.05, 0) is 38.8 Å². The number of benzene rings is 1. The Hall–Kier alpha value is -3.50. The van der Waals surface area contributed by atoms with Crippen LogP contribution in [0.25, 0.3) is 0 Å². The molecule has 10 nitrogen and oxygen atoms in total. The predicted molar refractivity (Wildman–Crippen MR) is 138 cm³/mol. The minimum absolute atomic E-state index is 0.0246. The normalized spacial score (nSPS) is 13.8. The smallest absolute Gasteiger partial charge is 0.339 e. The van der Waals surface area contributed by atoms with E-state index in [0.717, 1.165) is 0 Å². The van der Waals surface area contributed by atoms with Crippen LogP contribution in [0.15, 0.2) is 48.6 Å². The molecule has 0 saturated carbocycles. The fraction of sp³-hybridized carbons (Fsp3) is 0.500. The maximum atomic E-state index is 12.8. The second kappa shape index (κ2) is 15.0. The molecule has 0 aliphatic heterocycles. The van der Waals surface area contributed by atoms with E-state index in [1.165, 1.54) is 38.1 Å². The van der Waals surface area contributed by atoms with Crippen LogP contribution in [0, 0.1) is 0 Å². The minimum atomic E-state index is -1.45. The molecular formula is C28H38O10. The first-order valence-corrected chi connectivity index (χ1v) is 12.3. The number of hydrogen-bond acceptors (Lipinski definition) is 10. The average Bonchev–Trinajstić information content (AvgIpc) is 2.90. The lowest BCUT2D eigenvalue weighted by Crippen LogP contribution is -2.37. The second-order valence-electron chi connectivity index (χ2n) is 9.19. The van der Waals surface area contributed by atoms with Crippen molar-refractivity contribution in [1.29, 1.82) is 0 Å². The number of ether oxygens (including phenoxy) is 4. The van der Waals surface area contributed by atoms with Gasteiger partial charge < -0.3 is 29.2 Å². The standard InChI is InChI=1S/C28H38O10/c1-7-27(33,13-15-35-23(29)19(3)4)17-37-25(31)21-11-9-10-12-22(21)26(32)38-18-28(34,8-2)14-16-36-24(30)20(5)6/h9-12,33-34H,3,5,7-8,13-18H2,1-2,4,6H3. The van der Waals surface area contributed by atoms with Crippen LogP contribution < -0.4 is 0 Å². The molecule has 0 aliphatic rings. The largest absolute Gasteiger partial charge is 0.462 e. The summed E-state index contributed by atoms with van der Waals surface area (Å²) in [5.41, 5.74) is -2.62. The van der Waals surface area contributed by atoms with E-state index in [4.69, 9.17) is 18.9 Å². The van der Waals surface area contributed by atoms with Crippen LogP contribution in [0.5, 0.6) is 0 Å². The summed E-state index contributed by atoms with van der Waals surface area (Å²) in [5, 5.41) is 21.5. The van der Waals surface area contributed by atoms with E-state index < -0.39 is 48.3 Å². The van der Waals surface area contributed by atoms with Gasteiger partial charge in [0, 0.05) is 24.0 Å². The molecule has 0 bridgehead atoms. The first kappa shape index (κ1) is 32.5. The molecule has 0 fully saturated rings. The van der Waals surface area contributed by atoms with E-state index in [9.17, 15) is 29.4 Å². The number of carbonyl (C=O) groups is 4. The Morgan fingerprint density at radius 1 is 0.711 bits per heavy atom. The molecule has 1 aromatic carbocycles. The van der Waals surface area contributed by atoms with E-state index in [0.29, 0.717) is 0 Å². The van der Waals surface area contributed by atoms with Gasteiger partial charge in [0.15, 0.2) is 0 Å². The highest BCUT2D eigenvalue weighted by atomic mass is 16.6. The van der Waals surface area contributed by atoms with E-state index >= 15 is 0 Å². The summed E-state index contributed by atoms with van der Waals surface area (Å²) in [4.78, 5) is 48.6. The zero-order chi connectivity index (χ0) is 28.9. The van der Waals surface area contributed by atoms with Crippen molar-refractivity contribution in [2.75, 3.05) is 26.4 Å². The molecule has 0 amide bonds. The molecule has 0 radical (unpaired) electrons. The Morgan fingerprint density at radius 3 is 1.34 bits per heavy atom. The summed E-state index contributed by atoms with van der Waals surface area (Å²) in [6.45, 7) is 12.4. The average molecular weight is 535 g/mol. The Labute approximate surface area is 223 Å². The molecule has 10 heteroatoms. The van der Waals surface area contributed by atoms with E-state index in [1.54, 1.807) is 13.8 Å². The molecule has 38 heavy (non-hydrogen) atoms. The fourth-order valence-electron chi connectivity index (χ4n) is 3.01. The molecule has 2 N–H and O–H groups in total. The Balaban J connectivity index is 2.79. The number of hydrogen-bond donors (Lipinski definition) is 2. The number of esters is 4. The quantitative estimate of drug-likeness (QED) is 0.184. The third kappa shape index (κ3) is 10.5. The third-order valence-corrected chi connectivity index (χ3v) is 5.93. The molecule has 0 saturated heterocycles. The Kier molecular flexibility index (Phi) is 12.9. The fourth-order valence-corrected chi connectivity index (χ4v) is 3.01. The van der Waals surface area contributed by atoms with Crippen molar-refractivity contribution < 1.29 is 48.3 Å². The van der Waals surface area contributed by atoms with E-state index in [-0.39, 0.29) is 61.2 Å². The van der Waals surface area contributed by atoms with Gasteiger partial charge in [0.05, 0.1) is 24.3 Å². The molecule has 0 spiro atoms. The van der Waals surface area contributed by atoms with Crippen LogP contribution in [0.1, 0.15) is 74.1 Å². The van der Waals surface area contributed by atoms with Crippen molar-refractivity contribution in [2.24, 2.45) is 0 Å². The second-order valence-corrected chi connectivity index (χ2v) is 9.19. The van der Waals surface area contributed by atoms with Crippen LogP contribution in [-0.2, 0) is 28.5 Å². The molecule has 1 aromatic rings. The van der Waals surface area contributed by atoms with Crippen LogP contribution in [0.3, 0.4) is 0 Å². The first-order valence-electron chi connectivity index (χ1n) is 12.3. The van der Waals surface area contributed by atoms with Crippen molar-refractivity contribution in [1.82, 2.24) is 0 Å². The van der Waals surface area contributed by atoms with Crippen LogP contribution >= 0.6 is 0 Å². The predicted octanol–water partition coefficient (Wildman–Crippen LogP) is 3.30. The molecular weight excluding hydrogens is 496 g/mol. The zero-order valence-electron chi connectivity index (χ0n) is 22.5. The van der Waals surface area contributed by atoms with Gasteiger partial charge in [-0.15, -0.1) is 0 Å². The molecule has 0 aromatic heterocycles. The van der Waals surface area contributed by atoms with Gasteiger partial charge in [0.2, 0.25) is 0 Å². The summed E-state index contributed by atoms with van der Waals surface area (Å²) in [6, 6.07) is 5.83. The van der Waals surface area contributed by atoms with Crippen molar-refractivity contribution in [2.45, 2.75) is 64.6 Å². The zero-order valence-corrected chi connectivity index (χ0v) is 22.5. The van der Waals surface area contributed by atoms with Gasteiger partial charge in [-0.25, -0.2) is 19.2 Å². The van der Waals surface area contributed by atoms with Gasteiger partial charge in [-0.2, -0.15) is 0 Å².